The Balaban J connectivity index is 1.48. The lowest BCUT2D eigenvalue weighted by atomic mass is 9.99. The van der Waals surface area contributed by atoms with Gasteiger partial charge in [0.15, 0.2) is 6.10 Å². The highest BCUT2D eigenvalue weighted by molar-refractivity contribution is 6.05. The third-order valence-corrected chi connectivity index (χ3v) is 5.63. The van der Waals surface area contributed by atoms with Crippen LogP contribution in [0.1, 0.15) is 48.3 Å². The van der Waals surface area contributed by atoms with Gasteiger partial charge in [0.05, 0.1) is 12.7 Å². The Bertz CT molecular complexity index is 1350. The first kappa shape index (κ1) is 24.4. The van der Waals surface area contributed by atoms with Crippen LogP contribution in [0.3, 0.4) is 0 Å². The number of hydrogen-bond donors (Lipinski definition) is 1. The molecule has 0 saturated carbocycles. The molecule has 0 aliphatic carbocycles. The number of carbonyl (C=O) groups excluding carboxylic acids is 3. The van der Waals surface area contributed by atoms with Gasteiger partial charge in [0, 0.05) is 22.4 Å². The van der Waals surface area contributed by atoms with E-state index in [1.54, 1.807) is 92.0 Å². The molecule has 0 aliphatic rings. The molecule has 180 valence electrons. The molecule has 36 heavy (non-hydrogen) atoms. The van der Waals surface area contributed by atoms with Crippen molar-refractivity contribution in [2.75, 3.05) is 12.4 Å². The van der Waals surface area contributed by atoms with Crippen molar-refractivity contribution in [2.24, 2.45) is 0 Å². The number of ketones is 1. The van der Waals surface area contributed by atoms with E-state index in [-0.39, 0.29) is 17.3 Å². The second-order valence-corrected chi connectivity index (χ2v) is 8.19. The fourth-order valence-electron chi connectivity index (χ4n) is 3.58. The Morgan fingerprint density at radius 3 is 1.89 bits per heavy atom. The number of Topliss-reactive ketones (excluding diaryl/α,β-unsaturated/α-hetero) is 1. The molecule has 0 heterocycles. The van der Waals surface area contributed by atoms with Gasteiger partial charge < -0.3 is 14.8 Å². The van der Waals surface area contributed by atoms with Gasteiger partial charge in [-0.15, -0.1) is 0 Å². The Hall–Kier alpha value is -4.71. The zero-order chi connectivity index (χ0) is 25.5. The lowest BCUT2D eigenvalue weighted by Gasteiger charge is -2.18. The molecule has 0 aliphatic heterocycles. The number of aryl methyl sites for hydroxylation is 1. The quantitative estimate of drug-likeness (QED) is 0.246. The van der Waals surface area contributed by atoms with E-state index in [2.05, 4.69) is 5.32 Å². The van der Waals surface area contributed by atoms with Crippen molar-refractivity contribution in [3.63, 3.8) is 0 Å². The van der Waals surface area contributed by atoms with Crippen LogP contribution in [0.15, 0.2) is 103 Å². The van der Waals surface area contributed by atoms with Crippen molar-refractivity contribution in [1.29, 1.82) is 0 Å². The molecule has 0 fully saturated rings. The minimum absolute atomic E-state index is 0.259. The summed E-state index contributed by atoms with van der Waals surface area (Å²) < 4.78 is 10.8. The largest absolute Gasteiger partial charge is 0.497 e. The van der Waals surface area contributed by atoms with E-state index >= 15 is 0 Å². The molecule has 6 heteroatoms. The molecule has 0 bridgehead atoms. The summed E-state index contributed by atoms with van der Waals surface area (Å²) in [7, 11) is 1.56. The summed E-state index contributed by atoms with van der Waals surface area (Å²) >= 11 is 0. The Morgan fingerprint density at radius 1 is 0.694 bits per heavy atom. The number of benzene rings is 4. The van der Waals surface area contributed by atoms with Gasteiger partial charge in [0.1, 0.15) is 5.75 Å². The van der Waals surface area contributed by atoms with Crippen LogP contribution in [0, 0.1) is 6.92 Å². The van der Waals surface area contributed by atoms with Crippen LogP contribution in [-0.4, -0.2) is 24.8 Å². The number of ether oxygens (including phenoxy) is 2. The first-order chi connectivity index (χ1) is 17.4. The SMILES string of the molecule is COc1ccc(C(=O)Nc2ccc(C(=O)OC(C(=O)c3ccc(C)cc3)c3ccccc3)cc2)cc1. The molecule has 1 amide bonds. The summed E-state index contributed by atoms with van der Waals surface area (Å²) in [6, 6.07) is 29.1. The van der Waals surface area contributed by atoms with E-state index in [9.17, 15) is 14.4 Å². The second-order valence-electron chi connectivity index (χ2n) is 8.19. The molecule has 0 saturated heterocycles. The maximum absolute atomic E-state index is 13.2. The number of hydrogen-bond acceptors (Lipinski definition) is 5. The lowest BCUT2D eigenvalue weighted by Crippen LogP contribution is -2.20. The molecule has 4 aromatic rings. The Kier molecular flexibility index (Phi) is 7.56. The predicted molar refractivity (Wildman–Crippen MR) is 137 cm³/mol. The van der Waals surface area contributed by atoms with Gasteiger partial charge >= 0.3 is 5.97 Å². The molecule has 1 N–H and O–H groups in total. The number of anilines is 1. The Morgan fingerprint density at radius 2 is 1.28 bits per heavy atom. The molecule has 4 rings (SSSR count). The van der Waals surface area contributed by atoms with Crippen molar-refractivity contribution < 1.29 is 23.9 Å². The fraction of sp³-hybridized carbons (Fsp3) is 0.100. The van der Waals surface area contributed by atoms with Crippen LogP contribution >= 0.6 is 0 Å². The third-order valence-electron chi connectivity index (χ3n) is 5.63. The van der Waals surface area contributed by atoms with Crippen LogP contribution in [0.2, 0.25) is 0 Å². The maximum atomic E-state index is 13.2. The van der Waals surface area contributed by atoms with Crippen LogP contribution < -0.4 is 10.1 Å². The van der Waals surface area contributed by atoms with E-state index in [1.165, 1.54) is 0 Å². The van der Waals surface area contributed by atoms with Crippen molar-refractivity contribution >= 4 is 23.3 Å². The van der Waals surface area contributed by atoms with Gasteiger partial charge in [-0.05, 0) is 55.5 Å². The maximum Gasteiger partial charge on any atom is 0.339 e. The highest BCUT2D eigenvalue weighted by atomic mass is 16.5. The normalized spacial score (nSPS) is 11.3. The van der Waals surface area contributed by atoms with Gasteiger partial charge in [0.25, 0.3) is 5.91 Å². The zero-order valence-electron chi connectivity index (χ0n) is 19.9. The van der Waals surface area contributed by atoms with Gasteiger partial charge in [-0.2, -0.15) is 0 Å². The van der Waals surface area contributed by atoms with Gasteiger partial charge in [-0.1, -0.05) is 60.2 Å². The Labute approximate surface area is 209 Å². The molecular weight excluding hydrogens is 454 g/mol. The predicted octanol–water partition coefficient (Wildman–Crippen LogP) is 6.04. The van der Waals surface area contributed by atoms with E-state index in [0.29, 0.717) is 28.1 Å². The van der Waals surface area contributed by atoms with E-state index < -0.39 is 12.1 Å². The first-order valence-electron chi connectivity index (χ1n) is 11.4. The highest BCUT2D eigenvalue weighted by Crippen LogP contribution is 2.25. The van der Waals surface area contributed by atoms with Crippen molar-refractivity contribution in [3.8, 4) is 5.75 Å². The highest BCUT2D eigenvalue weighted by Gasteiger charge is 2.26. The van der Waals surface area contributed by atoms with E-state index in [0.717, 1.165) is 5.56 Å². The van der Waals surface area contributed by atoms with Crippen molar-refractivity contribution in [1.82, 2.24) is 0 Å². The molecule has 0 spiro atoms. The minimum Gasteiger partial charge on any atom is -0.497 e. The number of methoxy groups -OCH3 is 1. The summed E-state index contributed by atoms with van der Waals surface area (Å²) in [6.07, 6.45) is -1.09. The zero-order valence-corrected chi connectivity index (χ0v) is 19.9. The van der Waals surface area contributed by atoms with E-state index in [1.807, 2.05) is 25.1 Å². The molecule has 0 radical (unpaired) electrons. The second kappa shape index (κ2) is 11.1. The molecule has 6 nitrogen and oxygen atoms in total. The monoisotopic (exact) mass is 479 g/mol. The number of esters is 1. The standard InChI is InChI=1S/C30H25NO5/c1-20-8-10-21(11-9-20)27(32)28(22-6-4-3-5-7-22)36-30(34)24-12-16-25(17-13-24)31-29(33)23-14-18-26(35-2)19-15-23/h3-19,28H,1-2H3,(H,31,33). The number of rotatable bonds is 8. The van der Waals surface area contributed by atoms with E-state index in [4.69, 9.17) is 9.47 Å². The topological polar surface area (TPSA) is 81.7 Å². The fourth-order valence-corrected chi connectivity index (χ4v) is 3.58. The average molecular weight is 480 g/mol. The third kappa shape index (κ3) is 5.85. The molecule has 4 aromatic carbocycles. The molecular formula is C30H25NO5. The summed E-state index contributed by atoms with van der Waals surface area (Å²) in [5, 5.41) is 2.79. The van der Waals surface area contributed by atoms with Crippen LogP contribution in [0.25, 0.3) is 0 Å². The van der Waals surface area contributed by atoms with Crippen LogP contribution in [0.5, 0.6) is 5.75 Å². The number of nitrogens with one attached hydrogen (secondary N) is 1. The van der Waals surface area contributed by atoms with Crippen LogP contribution in [0.4, 0.5) is 5.69 Å². The van der Waals surface area contributed by atoms with Gasteiger partial charge in [-0.3, -0.25) is 9.59 Å². The summed E-state index contributed by atoms with van der Waals surface area (Å²) in [5.74, 6) is -0.583. The van der Waals surface area contributed by atoms with Crippen LogP contribution in [-0.2, 0) is 4.74 Å². The lowest BCUT2D eigenvalue weighted by molar-refractivity contribution is 0.0280. The molecule has 1 atom stereocenters. The number of carbonyl (C=O) groups is 3. The summed E-state index contributed by atoms with van der Waals surface area (Å²) in [4.78, 5) is 38.7. The first-order valence-corrected chi connectivity index (χ1v) is 11.4. The van der Waals surface area contributed by atoms with Gasteiger partial charge in [-0.25, -0.2) is 4.79 Å². The van der Waals surface area contributed by atoms with Crippen molar-refractivity contribution in [3.05, 3.63) is 131 Å². The number of amides is 1. The molecule has 1 unspecified atom stereocenters. The molecule has 0 aromatic heterocycles. The smallest absolute Gasteiger partial charge is 0.339 e. The average Bonchev–Trinajstić information content (AvgIpc) is 2.92. The van der Waals surface area contributed by atoms with Gasteiger partial charge in [0.2, 0.25) is 5.78 Å². The minimum atomic E-state index is -1.09. The summed E-state index contributed by atoms with van der Waals surface area (Å²) in [6.45, 7) is 1.94. The summed E-state index contributed by atoms with van der Waals surface area (Å²) in [5.41, 5.74) is 3.31. The van der Waals surface area contributed by atoms with Crippen molar-refractivity contribution in [2.45, 2.75) is 13.0 Å².